The number of alkyl halides is 3. The summed E-state index contributed by atoms with van der Waals surface area (Å²) in [7, 11) is 1.57. The molecule has 0 amide bonds. The van der Waals surface area contributed by atoms with Gasteiger partial charge < -0.3 is 14.2 Å². The summed E-state index contributed by atoms with van der Waals surface area (Å²) in [6.45, 7) is 0.0554. The van der Waals surface area contributed by atoms with E-state index in [0.717, 1.165) is 29.1 Å². The lowest BCUT2D eigenvalue weighted by Gasteiger charge is -2.14. The molecule has 1 aromatic heterocycles. The van der Waals surface area contributed by atoms with Crippen molar-refractivity contribution in [2.24, 2.45) is 0 Å². The van der Waals surface area contributed by atoms with Crippen molar-refractivity contribution in [2.45, 2.75) is 17.6 Å². The van der Waals surface area contributed by atoms with Crippen LogP contribution in [-0.4, -0.2) is 24.6 Å². The predicted octanol–water partition coefficient (Wildman–Crippen LogP) is 5.71. The maximum atomic E-state index is 13.7. The second-order valence-electron chi connectivity index (χ2n) is 6.86. The number of benzene rings is 2. The minimum Gasteiger partial charge on any atom is -0.497 e. The highest BCUT2D eigenvalue weighted by atomic mass is 32.2. The zero-order valence-electron chi connectivity index (χ0n) is 16.9. The molecule has 2 aromatic carbocycles. The molecule has 2 heterocycles. The summed E-state index contributed by atoms with van der Waals surface area (Å²) in [5, 5.41) is 9.52. The summed E-state index contributed by atoms with van der Waals surface area (Å²) >= 11 is 1.12. The van der Waals surface area contributed by atoms with Crippen LogP contribution in [0.4, 0.5) is 13.2 Å². The van der Waals surface area contributed by atoms with Gasteiger partial charge in [0.25, 0.3) is 0 Å². The third-order valence-electron chi connectivity index (χ3n) is 4.86. The first-order valence-electron chi connectivity index (χ1n) is 9.57. The Kier molecular flexibility index (Phi) is 6.15. The number of fused-ring (bicyclic) bond motifs is 1. The fraction of sp³-hybridized carbons (Fsp3) is 0.217. The van der Waals surface area contributed by atoms with Crippen molar-refractivity contribution in [1.82, 2.24) is 4.98 Å². The number of rotatable bonds is 6. The molecule has 32 heavy (non-hydrogen) atoms. The van der Waals surface area contributed by atoms with E-state index in [0.29, 0.717) is 29.2 Å². The first kappa shape index (κ1) is 21.8. The van der Waals surface area contributed by atoms with Gasteiger partial charge in [0.05, 0.1) is 23.9 Å². The summed E-state index contributed by atoms with van der Waals surface area (Å²) < 4.78 is 56.9. The number of ether oxygens (including phenoxy) is 3. The van der Waals surface area contributed by atoms with Gasteiger partial charge in [-0.05, 0) is 48.4 Å². The van der Waals surface area contributed by atoms with Gasteiger partial charge in [0, 0.05) is 11.3 Å². The van der Waals surface area contributed by atoms with Gasteiger partial charge in [0.2, 0.25) is 6.79 Å². The Labute approximate surface area is 186 Å². The Morgan fingerprint density at radius 2 is 1.84 bits per heavy atom. The molecule has 3 aromatic rings. The SMILES string of the molecule is COc1ccc(CCSc2nc(-c3ccc4c(c3)OCO4)cc(C(F)(F)F)c2C#N)cc1. The number of hydrogen-bond acceptors (Lipinski definition) is 6. The monoisotopic (exact) mass is 458 g/mol. The van der Waals surface area contributed by atoms with Gasteiger partial charge in [-0.1, -0.05) is 12.1 Å². The second kappa shape index (κ2) is 9.01. The third kappa shape index (κ3) is 4.60. The number of aromatic nitrogens is 1. The van der Waals surface area contributed by atoms with E-state index in [4.69, 9.17) is 14.2 Å². The van der Waals surface area contributed by atoms with E-state index < -0.39 is 17.3 Å². The highest BCUT2D eigenvalue weighted by Crippen LogP contribution is 2.40. The molecule has 0 spiro atoms. The lowest BCUT2D eigenvalue weighted by molar-refractivity contribution is -0.138. The fourth-order valence-corrected chi connectivity index (χ4v) is 4.21. The van der Waals surface area contributed by atoms with Crippen LogP contribution in [0.15, 0.2) is 53.6 Å². The van der Waals surface area contributed by atoms with Crippen molar-refractivity contribution in [2.75, 3.05) is 19.7 Å². The summed E-state index contributed by atoms with van der Waals surface area (Å²) in [6.07, 6.45) is -4.10. The Morgan fingerprint density at radius 1 is 1.09 bits per heavy atom. The standard InChI is InChI=1S/C23H17F3N2O3S/c1-29-16-5-2-14(3-6-16)8-9-32-22-17(12-27)18(23(24,25)26)11-19(28-22)15-4-7-20-21(10-15)31-13-30-20/h2-7,10-11H,8-9,13H2,1H3. The van der Waals surface area contributed by atoms with Crippen LogP contribution in [0.1, 0.15) is 16.7 Å². The molecule has 0 saturated heterocycles. The van der Waals surface area contributed by atoms with Gasteiger partial charge in [-0.15, -0.1) is 11.8 Å². The van der Waals surface area contributed by atoms with E-state index in [1.165, 1.54) is 0 Å². The van der Waals surface area contributed by atoms with Crippen LogP contribution in [-0.2, 0) is 12.6 Å². The molecule has 5 nitrogen and oxygen atoms in total. The zero-order valence-corrected chi connectivity index (χ0v) is 17.7. The lowest BCUT2D eigenvalue weighted by atomic mass is 10.0. The van der Waals surface area contributed by atoms with E-state index in [1.807, 2.05) is 24.3 Å². The van der Waals surface area contributed by atoms with Crippen molar-refractivity contribution in [1.29, 1.82) is 5.26 Å². The fourth-order valence-electron chi connectivity index (χ4n) is 3.22. The first-order chi connectivity index (χ1) is 15.4. The molecule has 0 unspecified atom stereocenters. The largest absolute Gasteiger partial charge is 0.497 e. The van der Waals surface area contributed by atoms with Crippen LogP contribution in [0.3, 0.4) is 0 Å². The number of halogens is 3. The second-order valence-corrected chi connectivity index (χ2v) is 7.94. The number of nitrogens with zero attached hydrogens (tertiary/aromatic N) is 2. The van der Waals surface area contributed by atoms with Crippen molar-refractivity contribution in [3.63, 3.8) is 0 Å². The number of aryl methyl sites for hydroxylation is 1. The van der Waals surface area contributed by atoms with Gasteiger partial charge in [0.15, 0.2) is 11.5 Å². The Balaban J connectivity index is 1.65. The lowest BCUT2D eigenvalue weighted by Crippen LogP contribution is -2.10. The van der Waals surface area contributed by atoms with Crippen LogP contribution >= 0.6 is 11.8 Å². The number of methoxy groups -OCH3 is 1. The maximum Gasteiger partial charge on any atom is 0.417 e. The smallest absolute Gasteiger partial charge is 0.417 e. The number of thioether (sulfide) groups is 1. The topological polar surface area (TPSA) is 64.4 Å². The van der Waals surface area contributed by atoms with Gasteiger partial charge in [-0.3, -0.25) is 0 Å². The molecule has 0 atom stereocenters. The number of hydrogen-bond donors (Lipinski definition) is 0. The van der Waals surface area contributed by atoms with Crippen molar-refractivity contribution in [3.8, 4) is 34.6 Å². The molecule has 0 bridgehead atoms. The number of nitriles is 1. The molecule has 1 aliphatic heterocycles. The molecule has 0 N–H and O–H groups in total. The quantitative estimate of drug-likeness (QED) is 0.441. The zero-order chi connectivity index (χ0) is 22.7. The van der Waals surface area contributed by atoms with Crippen LogP contribution in [0.25, 0.3) is 11.3 Å². The molecule has 4 rings (SSSR count). The van der Waals surface area contributed by atoms with E-state index in [-0.39, 0.29) is 17.5 Å². The summed E-state index contributed by atoms with van der Waals surface area (Å²) in [6, 6.07) is 14.9. The number of pyridine rings is 1. The molecule has 0 fully saturated rings. The average molecular weight is 458 g/mol. The highest BCUT2D eigenvalue weighted by molar-refractivity contribution is 7.99. The molecular formula is C23H17F3N2O3S. The molecule has 9 heteroatoms. The average Bonchev–Trinajstić information content (AvgIpc) is 3.26. The Hall–Kier alpha value is -3.38. The van der Waals surface area contributed by atoms with Crippen LogP contribution in [0, 0.1) is 11.3 Å². The Morgan fingerprint density at radius 3 is 2.53 bits per heavy atom. The van der Waals surface area contributed by atoms with Gasteiger partial charge in [0.1, 0.15) is 16.8 Å². The normalized spacial score (nSPS) is 12.5. The predicted molar refractivity (Wildman–Crippen MR) is 113 cm³/mol. The van der Waals surface area contributed by atoms with E-state index in [1.54, 1.807) is 31.4 Å². The molecular weight excluding hydrogens is 441 g/mol. The summed E-state index contributed by atoms with van der Waals surface area (Å²) in [5.41, 5.74) is 0.0823. The van der Waals surface area contributed by atoms with E-state index >= 15 is 0 Å². The third-order valence-corrected chi connectivity index (χ3v) is 5.84. The van der Waals surface area contributed by atoms with Crippen LogP contribution < -0.4 is 14.2 Å². The van der Waals surface area contributed by atoms with Crippen molar-refractivity contribution >= 4 is 11.8 Å². The van der Waals surface area contributed by atoms with Crippen LogP contribution in [0.5, 0.6) is 17.2 Å². The molecule has 1 aliphatic rings. The molecule has 164 valence electrons. The van der Waals surface area contributed by atoms with Crippen molar-refractivity contribution < 1.29 is 27.4 Å². The van der Waals surface area contributed by atoms with E-state index in [9.17, 15) is 18.4 Å². The Bertz CT molecular complexity index is 1170. The van der Waals surface area contributed by atoms with E-state index in [2.05, 4.69) is 4.98 Å². The maximum absolute atomic E-state index is 13.7. The van der Waals surface area contributed by atoms with Crippen LogP contribution in [0.2, 0.25) is 0 Å². The molecule has 0 saturated carbocycles. The van der Waals surface area contributed by atoms with Gasteiger partial charge >= 0.3 is 6.18 Å². The van der Waals surface area contributed by atoms with Gasteiger partial charge in [-0.25, -0.2) is 4.98 Å². The molecule has 0 aliphatic carbocycles. The highest BCUT2D eigenvalue weighted by Gasteiger charge is 2.36. The summed E-state index contributed by atoms with van der Waals surface area (Å²) in [4.78, 5) is 4.40. The molecule has 0 radical (unpaired) electrons. The summed E-state index contributed by atoms with van der Waals surface area (Å²) in [5.74, 6) is 2.14. The van der Waals surface area contributed by atoms with Crippen molar-refractivity contribution in [3.05, 3.63) is 65.2 Å². The minimum atomic E-state index is -4.69. The minimum absolute atomic E-state index is 0.0449. The van der Waals surface area contributed by atoms with Gasteiger partial charge in [-0.2, -0.15) is 18.4 Å². The first-order valence-corrected chi connectivity index (χ1v) is 10.6.